The molecule has 5 rings (SSSR count). The fourth-order valence-electron chi connectivity index (χ4n) is 3.84. The van der Waals surface area contributed by atoms with Crippen molar-refractivity contribution in [2.45, 2.75) is 19.5 Å². The van der Waals surface area contributed by atoms with Gasteiger partial charge in [0.1, 0.15) is 0 Å². The van der Waals surface area contributed by atoms with E-state index in [1.807, 2.05) is 6.20 Å². The number of nitro benzene ring substituents is 1. The number of aromatic amines is 1. The van der Waals surface area contributed by atoms with Crippen molar-refractivity contribution >= 4 is 16.6 Å². The van der Waals surface area contributed by atoms with E-state index in [-0.39, 0.29) is 5.69 Å². The molecule has 0 spiro atoms. The lowest BCUT2D eigenvalue weighted by atomic mass is 10.0. The van der Waals surface area contributed by atoms with Crippen molar-refractivity contribution in [3.63, 3.8) is 0 Å². The van der Waals surface area contributed by atoms with Gasteiger partial charge in [-0.25, -0.2) is 4.68 Å². The number of H-pyrrole nitrogens is 1. The van der Waals surface area contributed by atoms with Crippen LogP contribution in [0, 0.1) is 10.1 Å². The molecule has 0 unspecified atom stereocenters. The number of fused-ring (bicyclic) bond motifs is 3. The molecule has 0 aliphatic carbocycles. The Bertz CT molecular complexity index is 1160. The number of nitrogens with one attached hydrogen (secondary N) is 1. The topological polar surface area (TPSA) is 92.9 Å². The van der Waals surface area contributed by atoms with Crippen LogP contribution in [-0.4, -0.2) is 36.3 Å². The lowest BCUT2D eigenvalue weighted by Crippen LogP contribution is -2.30. The Morgan fingerprint density at radius 3 is 2.79 bits per heavy atom. The summed E-state index contributed by atoms with van der Waals surface area (Å²) in [4.78, 5) is 16.3. The molecule has 0 bridgehead atoms. The van der Waals surface area contributed by atoms with Gasteiger partial charge < -0.3 is 4.98 Å². The monoisotopic (exact) mass is 374 g/mol. The van der Waals surface area contributed by atoms with Crippen LogP contribution >= 0.6 is 0 Å². The van der Waals surface area contributed by atoms with Crippen LogP contribution in [-0.2, 0) is 19.5 Å². The number of aromatic nitrogens is 4. The predicted molar refractivity (Wildman–Crippen MR) is 104 cm³/mol. The zero-order valence-corrected chi connectivity index (χ0v) is 15.1. The summed E-state index contributed by atoms with van der Waals surface area (Å²) in [7, 11) is 0. The number of benzene rings is 2. The number of hydrogen-bond donors (Lipinski definition) is 1. The minimum Gasteiger partial charge on any atom is -0.357 e. The molecule has 1 aliphatic heterocycles. The second-order valence-corrected chi connectivity index (χ2v) is 7.02. The molecular weight excluding hydrogens is 356 g/mol. The smallest absolute Gasteiger partial charge is 0.269 e. The molecule has 4 aromatic rings. The standard InChI is InChI=1S/C20H18N6O2/c27-26(28)16-7-5-15(6-8-16)25-12-14(22-23-25)11-24-10-9-18-17-3-1-2-4-19(17)21-20(18)13-24/h1-8,12,21H,9-11,13H2. The van der Waals surface area contributed by atoms with Crippen molar-refractivity contribution in [3.05, 3.63) is 81.8 Å². The minimum absolute atomic E-state index is 0.0616. The highest BCUT2D eigenvalue weighted by molar-refractivity contribution is 5.84. The lowest BCUT2D eigenvalue weighted by molar-refractivity contribution is -0.384. The van der Waals surface area contributed by atoms with Gasteiger partial charge in [-0.3, -0.25) is 15.0 Å². The Labute approximate surface area is 160 Å². The SMILES string of the molecule is O=[N+]([O-])c1ccc(-n2cc(CN3CCc4c([nH]c5ccccc45)C3)nn2)cc1. The van der Waals surface area contributed by atoms with Crippen LogP contribution in [0.1, 0.15) is 17.0 Å². The van der Waals surface area contributed by atoms with E-state index in [0.717, 1.165) is 30.9 Å². The third-order valence-corrected chi connectivity index (χ3v) is 5.21. The largest absolute Gasteiger partial charge is 0.357 e. The van der Waals surface area contributed by atoms with E-state index in [4.69, 9.17) is 0 Å². The van der Waals surface area contributed by atoms with Gasteiger partial charge in [0.15, 0.2) is 0 Å². The maximum absolute atomic E-state index is 10.8. The van der Waals surface area contributed by atoms with Crippen molar-refractivity contribution in [1.82, 2.24) is 24.9 Å². The van der Waals surface area contributed by atoms with Crippen LogP contribution in [0.3, 0.4) is 0 Å². The maximum Gasteiger partial charge on any atom is 0.269 e. The summed E-state index contributed by atoms with van der Waals surface area (Å²) in [5.74, 6) is 0. The Kier molecular flexibility index (Phi) is 3.91. The van der Waals surface area contributed by atoms with E-state index in [9.17, 15) is 10.1 Å². The van der Waals surface area contributed by atoms with Gasteiger partial charge >= 0.3 is 0 Å². The van der Waals surface area contributed by atoms with Crippen molar-refractivity contribution < 1.29 is 4.92 Å². The van der Waals surface area contributed by atoms with Crippen LogP contribution < -0.4 is 0 Å². The van der Waals surface area contributed by atoms with E-state index in [0.29, 0.717) is 6.54 Å². The first-order valence-electron chi connectivity index (χ1n) is 9.14. The van der Waals surface area contributed by atoms with Crippen molar-refractivity contribution in [3.8, 4) is 5.69 Å². The summed E-state index contributed by atoms with van der Waals surface area (Å²) >= 11 is 0. The van der Waals surface area contributed by atoms with Crippen LogP contribution in [0.4, 0.5) is 5.69 Å². The quantitative estimate of drug-likeness (QED) is 0.437. The molecule has 8 nitrogen and oxygen atoms in total. The van der Waals surface area contributed by atoms with Gasteiger partial charge in [-0.15, -0.1) is 5.10 Å². The summed E-state index contributed by atoms with van der Waals surface area (Å²) in [5.41, 5.74) is 5.57. The highest BCUT2D eigenvalue weighted by atomic mass is 16.6. The number of nitrogens with zero attached hydrogens (tertiary/aromatic N) is 5. The van der Waals surface area contributed by atoms with Gasteiger partial charge in [0, 0.05) is 48.4 Å². The molecule has 2 aromatic carbocycles. The Morgan fingerprint density at radius 2 is 1.96 bits per heavy atom. The molecule has 0 saturated heterocycles. The summed E-state index contributed by atoms with van der Waals surface area (Å²) in [6.07, 6.45) is 2.89. The fourth-order valence-corrected chi connectivity index (χ4v) is 3.84. The molecule has 0 fully saturated rings. The van der Waals surface area contributed by atoms with Crippen LogP contribution in [0.2, 0.25) is 0 Å². The number of rotatable bonds is 4. The fraction of sp³-hybridized carbons (Fsp3) is 0.200. The van der Waals surface area contributed by atoms with Crippen molar-refractivity contribution in [2.24, 2.45) is 0 Å². The first kappa shape index (κ1) is 16.6. The van der Waals surface area contributed by atoms with Gasteiger partial charge in [0.05, 0.1) is 22.5 Å². The number of para-hydroxylation sites is 1. The zero-order valence-electron chi connectivity index (χ0n) is 15.1. The van der Waals surface area contributed by atoms with E-state index in [1.165, 1.54) is 34.3 Å². The second kappa shape index (κ2) is 6.58. The van der Waals surface area contributed by atoms with Crippen LogP contribution in [0.15, 0.2) is 54.7 Å². The Hall–Kier alpha value is -3.52. The average Bonchev–Trinajstić information content (AvgIpc) is 3.32. The highest BCUT2D eigenvalue weighted by Gasteiger charge is 2.21. The molecule has 3 heterocycles. The second-order valence-electron chi connectivity index (χ2n) is 7.02. The molecule has 0 radical (unpaired) electrons. The summed E-state index contributed by atoms with van der Waals surface area (Å²) in [6, 6.07) is 14.7. The van der Waals surface area contributed by atoms with Crippen molar-refractivity contribution in [2.75, 3.05) is 6.54 Å². The number of hydrogen-bond acceptors (Lipinski definition) is 5. The van der Waals surface area contributed by atoms with E-state index in [1.54, 1.807) is 16.8 Å². The average molecular weight is 374 g/mol. The summed E-state index contributed by atoms with van der Waals surface area (Å²) < 4.78 is 1.65. The first-order chi connectivity index (χ1) is 13.7. The van der Waals surface area contributed by atoms with Gasteiger partial charge in [-0.1, -0.05) is 23.4 Å². The van der Waals surface area contributed by atoms with Crippen LogP contribution in [0.25, 0.3) is 16.6 Å². The molecule has 8 heteroatoms. The third kappa shape index (κ3) is 2.93. The van der Waals surface area contributed by atoms with E-state index >= 15 is 0 Å². The predicted octanol–water partition coefficient (Wildman–Crippen LogP) is 3.22. The molecule has 1 N–H and O–H groups in total. The molecule has 140 valence electrons. The molecule has 0 amide bonds. The summed E-state index contributed by atoms with van der Waals surface area (Å²) in [5, 5.41) is 20.5. The lowest BCUT2D eigenvalue weighted by Gasteiger charge is -2.25. The Morgan fingerprint density at radius 1 is 1.14 bits per heavy atom. The van der Waals surface area contributed by atoms with E-state index < -0.39 is 4.92 Å². The first-order valence-corrected chi connectivity index (χ1v) is 9.14. The molecule has 0 saturated carbocycles. The maximum atomic E-state index is 10.8. The molecular formula is C20H18N6O2. The number of nitro groups is 1. The Balaban J connectivity index is 1.31. The van der Waals surface area contributed by atoms with Crippen molar-refractivity contribution in [1.29, 1.82) is 0 Å². The van der Waals surface area contributed by atoms with Crippen LogP contribution in [0.5, 0.6) is 0 Å². The molecule has 0 atom stereocenters. The summed E-state index contributed by atoms with van der Waals surface area (Å²) in [6.45, 7) is 2.54. The van der Waals surface area contributed by atoms with Gasteiger partial charge in [-0.05, 0) is 30.2 Å². The number of non-ortho nitro benzene ring substituents is 1. The van der Waals surface area contributed by atoms with Gasteiger partial charge in [0.2, 0.25) is 0 Å². The molecule has 2 aromatic heterocycles. The zero-order chi connectivity index (χ0) is 19.1. The normalized spacial score (nSPS) is 14.3. The molecule has 28 heavy (non-hydrogen) atoms. The molecule has 1 aliphatic rings. The minimum atomic E-state index is -0.412. The highest BCUT2D eigenvalue weighted by Crippen LogP contribution is 2.28. The van der Waals surface area contributed by atoms with Gasteiger partial charge in [-0.2, -0.15) is 0 Å². The van der Waals surface area contributed by atoms with E-state index in [2.05, 4.69) is 44.5 Å². The van der Waals surface area contributed by atoms with Gasteiger partial charge in [0.25, 0.3) is 5.69 Å². The third-order valence-electron chi connectivity index (χ3n) is 5.21.